The van der Waals surface area contributed by atoms with Crippen molar-refractivity contribution in [1.29, 1.82) is 0 Å². The topological polar surface area (TPSA) is 15.7 Å². The van der Waals surface area contributed by atoms with Crippen molar-refractivity contribution < 1.29 is 4.74 Å². The quantitative estimate of drug-likeness (QED) is 0.762. The van der Waals surface area contributed by atoms with E-state index in [0.29, 0.717) is 12.2 Å². The van der Waals surface area contributed by atoms with E-state index in [1.807, 2.05) is 0 Å². The van der Waals surface area contributed by atoms with Crippen LogP contribution in [0.3, 0.4) is 0 Å². The number of hydrogen-bond acceptors (Lipinski definition) is 3. The van der Waals surface area contributed by atoms with Crippen molar-refractivity contribution in [3.05, 3.63) is 0 Å². The van der Waals surface area contributed by atoms with Gasteiger partial charge in [-0.05, 0) is 59.4 Å². The third-order valence-electron chi connectivity index (χ3n) is 4.56. The molecule has 0 aliphatic carbocycles. The zero-order valence-corrected chi connectivity index (χ0v) is 13.3. The summed E-state index contributed by atoms with van der Waals surface area (Å²) in [6.07, 6.45) is 4.72. The van der Waals surface area contributed by atoms with Crippen molar-refractivity contribution >= 4 is 0 Å². The lowest BCUT2D eigenvalue weighted by molar-refractivity contribution is -0.0284. The molecule has 3 nitrogen and oxygen atoms in total. The molecule has 0 bridgehead atoms. The van der Waals surface area contributed by atoms with Crippen LogP contribution < -0.4 is 0 Å². The van der Waals surface area contributed by atoms with E-state index in [0.717, 1.165) is 12.0 Å². The van der Waals surface area contributed by atoms with Gasteiger partial charge in [0, 0.05) is 32.2 Å². The Kier molecular flexibility index (Phi) is 5.67. The minimum atomic E-state index is 0.381. The van der Waals surface area contributed by atoms with Gasteiger partial charge in [-0.25, -0.2) is 0 Å². The van der Waals surface area contributed by atoms with Gasteiger partial charge in [-0.15, -0.1) is 0 Å². The van der Waals surface area contributed by atoms with Gasteiger partial charge in [0.2, 0.25) is 0 Å². The van der Waals surface area contributed by atoms with E-state index in [-0.39, 0.29) is 0 Å². The first-order valence-electron chi connectivity index (χ1n) is 8.16. The second-order valence-electron chi connectivity index (χ2n) is 6.93. The summed E-state index contributed by atoms with van der Waals surface area (Å²) in [6.45, 7) is 15.3. The standard InChI is InChI=1S/C16H32N2O/c1-13(2)18-10-5-15(12-18)11-17-8-6-16(7-9-17)19-14(3)4/h13-16H,5-12H2,1-4H3. The molecule has 0 aromatic heterocycles. The number of hydrogen-bond donors (Lipinski definition) is 0. The van der Waals surface area contributed by atoms with Crippen LogP contribution in [0.1, 0.15) is 47.0 Å². The highest BCUT2D eigenvalue weighted by molar-refractivity contribution is 4.82. The molecule has 1 atom stereocenters. The Morgan fingerprint density at radius 2 is 1.68 bits per heavy atom. The second kappa shape index (κ2) is 7.05. The molecular formula is C16H32N2O. The van der Waals surface area contributed by atoms with Gasteiger partial charge in [-0.1, -0.05) is 0 Å². The van der Waals surface area contributed by atoms with Crippen LogP contribution in [0, 0.1) is 5.92 Å². The summed E-state index contributed by atoms with van der Waals surface area (Å²) in [5.41, 5.74) is 0. The van der Waals surface area contributed by atoms with Crippen molar-refractivity contribution in [3.63, 3.8) is 0 Å². The first kappa shape index (κ1) is 15.3. The first-order valence-corrected chi connectivity index (χ1v) is 8.16. The molecular weight excluding hydrogens is 236 g/mol. The van der Waals surface area contributed by atoms with Crippen LogP contribution >= 0.6 is 0 Å². The molecule has 0 radical (unpaired) electrons. The van der Waals surface area contributed by atoms with Gasteiger partial charge in [0.05, 0.1) is 12.2 Å². The van der Waals surface area contributed by atoms with Crippen molar-refractivity contribution in [2.45, 2.75) is 65.2 Å². The molecule has 2 rings (SSSR count). The van der Waals surface area contributed by atoms with Crippen LogP contribution in [0.2, 0.25) is 0 Å². The molecule has 1 unspecified atom stereocenters. The zero-order chi connectivity index (χ0) is 13.8. The Balaban J connectivity index is 1.66. The molecule has 2 saturated heterocycles. The molecule has 2 aliphatic rings. The summed E-state index contributed by atoms with van der Waals surface area (Å²) >= 11 is 0. The van der Waals surface area contributed by atoms with Crippen molar-refractivity contribution in [3.8, 4) is 0 Å². The van der Waals surface area contributed by atoms with Crippen LogP contribution in [0.15, 0.2) is 0 Å². The molecule has 0 amide bonds. The van der Waals surface area contributed by atoms with Crippen molar-refractivity contribution in [2.75, 3.05) is 32.7 Å². The zero-order valence-electron chi connectivity index (χ0n) is 13.3. The molecule has 0 spiro atoms. The fraction of sp³-hybridized carbons (Fsp3) is 1.00. The molecule has 19 heavy (non-hydrogen) atoms. The van der Waals surface area contributed by atoms with Gasteiger partial charge in [0.25, 0.3) is 0 Å². The van der Waals surface area contributed by atoms with Gasteiger partial charge >= 0.3 is 0 Å². The molecule has 112 valence electrons. The van der Waals surface area contributed by atoms with E-state index in [1.165, 1.54) is 52.0 Å². The lowest BCUT2D eigenvalue weighted by Gasteiger charge is -2.34. The average Bonchev–Trinajstić information content (AvgIpc) is 2.80. The predicted molar refractivity (Wildman–Crippen MR) is 80.5 cm³/mol. The predicted octanol–water partition coefficient (Wildman–Crippen LogP) is 2.61. The Morgan fingerprint density at radius 1 is 1.00 bits per heavy atom. The number of rotatable bonds is 5. The summed E-state index contributed by atoms with van der Waals surface area (Å²) in [7, 11) is 0. The summed E-state index contributed by atoms with van der Waals surface area (Å²) in [5, 5.41) is 0. The highest BCUT2D eigenvalue weighted by atomic mass is 16.5. The molecule has 3 heteroatoms. The molecule has 0 N–H and O–H groups in total. The van der Waals surface area contributed by atoms with Gasteiger partial charge < -0.3 is 14.5 Å². The Labute approximate surface area is 119 Å². The van der Waals surface area contributed by atoms with Crippen LogP contribution in [0.4, 0.5) is 0 Å². The molecule has 2 aliphatic heterocycles. The minimum absolute atomic E-state index is 0.381. The summed E-state index contributed by atoms with van der Waals surface area (Å²) in [5.74, 6) is 0.893. The molecule has 0 aromatic carbocycles. The number of nitrogens with zero attached hydrogens (tertiary/aromatic N) is 2. The van der Waals surface area contributed by atoms with Gasteiger partial charge in [0.15, 0.2) is 0 Å². The number of likely N-dealkylation sites (tertiary alicyclic amines) is 2. The largest absolute Gasteiger partial charge is 0.375 e. The molecule has 0 saturated carbocycles. The summed E-state index contributed by atoms with van der Waals surface area (Å²) < 4.78 is 5.92. The highest BCUT2D eigenvalue weighted by Crippen LogP contribution is 2.22. The molecule has 0 aromatic rings. The summed E-state index contributed by atoms with van der Waals surface area (Å²) in [6, 6.07) is 0.718. The molecule has 2 fully saturated rings. The van der Waals surface area contributed by atoms with Crippen molar-refractivity contribution in [1.82, 2.24) is 9.80 Å². The third-order valence-corrected chi connectivity index (χ3v) is 4.56. The van der Waals surface area contributed by atoms with E-state index in [9.17, 15) is 0 Å². The first-order chi connectivity index (χ1) is 9.04. The minimum Gasteiger partial charge on any atom is -0.375 e. The van der Waals surface area contributed by atoms with Crippen LogP contribution in [-0.2, 0) is 4.74 Å². The maximum atomic E-state index is 5.92. The third kappa shape index (κ3) is 4.73. The lowest BCUT2D eigenvalue weighted by Crippen LogP contribution is -2.41. The Hall–Kier alpha value is -0.120. The van der Waals surface area contributed by atoms with Crippen LogP contribution in [0.5, 0.6) is 0 Å². The Bertz CT molecular complexity index is 259. The average molecular weight is 268 g/mol. The lowest BCUT2D eigenvalue weighted by atomic mass is 10.0. The summed E-state index contributed by atoms with van der Waals surface area (Å²) in [4.78, 5) is 5.29. The van der Waals surface area contributed by atoms with Gasteiger partial charge in [-0.3, -0.25) is 0 Å². The van der Waals surface area contributed by atoms with Gasteiger partial charge in [0.1, 0.15) is 0 Å². The van der Waals surface area contributed by atoms with Crippen LogP contribution in [-0.4, -0.2) is 60.8 Å². The second-order valence-corrected chi connectivity index (χ2v) is 6.93. The van der Waals surface area contributed by atoms with E-state index < -0.39 is 0 Å². The van der Waals surface area contributed by atoms with Gasteiger partial charge in [-0.2, -0.15) is 0 Å². The smallest absolute Gasteiger partial charge is 0.0603 e. The van der Waals surface area contributed by atoms with E-state index in [2.05, 4.69) is 37.5 Å². The fourth-order valence-electron chi connectivity index (χ4n) is 3.46. The van der Waals surface area contributed by atoms with Crippen LogP contribution in [0.25, 0.3) is 0 Å². The SMILES string of the molecule is CC(C)OC1CCN(CC2CCN(C(C)C)C2)CC1. The normalized spacial score (nSPS) is 27.8. The maximum Gasteiger partial charge on any atom is 0.0603 e. The highest BCUT2D eigenvalue weighted by Gasteiger charge is 2.27. The fourth-order valence-corrected chi connectivity index (χ4v) is 3.46. The maximum absolute atomic E-state index is 5.92. The van der Waals surface area contributed by atoms with E-state index in [4.69, 9.17) is 4.74 Å². The number of ether oxygens (including phenoxy) is 1. The number of piperidine rings is 1. The Morgan fingerprint density at radius 3 is 2.21 bits per heavy atom. The van der Waals surface area contributed by atoms with E-state index in [1.54, 1.807) is 0 Å². The van der Waals surface area contributed by atoms with E-state index >= 15 is 0 Å². The molecule has 2 heterocycles. The monoisotopic (exact) mass is 268 g/mol. The van der Waals surface area contributed by atoms with Crippen molar-refractivity contribution in [2.24, 2.45) is 5.92 Å².